The topological polar surface area (TPSA) is 37.8 Å². The summed E-state index contributed by atoms with van der Waals surface area (Å²) in [4.78, 5) is 0. The highest BCUT2D eigenvalue weighted by atomic mass is 32.1. The predicted octanol–water partition coefficient (Wildman–Crippen LogP) is 4.11. The van der Waals surface area contributed by atoms with Crippen molar-refractivity contribution in [3.63, 3.8) is 0 Å². The molecule has 1 aromatic rings. The Morgan fingerprint density at radius 2 is 1.83 bits per heavy atom. The highest BCUT2D eigenvalue weighted by molar-refractivity contribution is 7.15. The Morgan fingerprint density at radius 3 is 2.33 bits per heavy atom. The van der Waals surface area contributed by atoms with Crippen molar-refractivity contribution in [2.75, 3.05) is 11.9 Å². The molecule has 0 amide bonds. The van der Waals surface area contributed by atoms with E-state index in [9.17, 15) is 0 Å². The molecular weight excluding hydrogens is 242 g/mol. The van der Waals surface area contributed by atoms with Crippen LogP contribution in [0.4, 0.5) is 5.13 Å². The molecule has 0 aliphatic heterocycles. The van der Waals surface area contributed by atoms with E-state index in [1.165, 1.54) is 25.7 Å². The highest BCUT2D eigenvalue weighted by Gasteiger charge is 2.29. The lowest BCUT2D eigenvalue weighted by Gasteiger charge is -2.37. The molecule has 0 bridgehead atoms. The van der Waals surface area contributed by atoms with Crippen LogP contribution >= 0.6 is 11.3 Å². The van der Waals surface area contributed by atoms with Gasteiger partial charge in [0.15, 0.2) is 0 Å². The van der Waals surface area contributed by atoms with Crippen molar-refractivity contribution in [2.24, 2.45) is 17.3 Å². The molecule has 0 unspecified atom stereocenters. The Bertz CT molecular complexity index is 373. The number of hydrogen-bond acceptors (Lipinski definition) is 4. The number of anilines is 1. The zero-order chi connectivity index (χ0) is 13.2. The maximum Gasteiger partial charge on any atom is 0.205 e. The third kappa shape index (κ3) is 3.67. The minimum atomic E-state index is 0.481. The molecule has 18 heavy (non-hydrogen) atoms. The molecule has 2 rings (SSSR count). The van der Waals surface area contributed by atoms with E-state index in [0.29, 0.717) is 5.41 Å². The lowest BCUT2D eigenvalue weighted by atomic mass is 9.70. The van der Waals surface area contributed by atoms with Crippen LogP contribution in [-0.2, 0) is 0 Å². The second-order valence-corrected chi connectivity index (χ2v) is 7.77. The van der Waals surface area contributed by atoms with Crippen molar-refractivity contribution in [1.82, 2.24) is 10.2 Å². The normalized spacial score (nSPS) is 25.1. The fourth-order valence-electron chi connectivity index (χ4n) is 2.83. The third-order valence-electron chi connectivity index (χ3n) is 4.14. The number of rotatable bonds is 3. The zero-order valence-electron chi connectivity index (χ0n) is 12.0. The standard InChI is InChI=1S/C14H25N3S/c1-10-16-17-13(18-10)15-9-11-5-7-12(8-6-11)14(2,3)4/h11-12H,5-9H2,1-4H3,(H,15,17). The maximum atomic E-state index is 4.11. The fraction of sp³-hybridized carbons (Fsp3) is 0.857. The average Bonchev–Trinajstić information content (AvgIpc) is 2.72. The minimum Gasteiger partial charge on any atom is -0.360 e. The van der Waals surface area contributed by atoms with Gasteiger partial charge in [0, 0.05) is 6.54 Å². The molecule has 102 valence electrons. The highest BCUT2D eigenvalue weighted by Crippen LogP contribution is 2.39. The minimum absolute atomic E-state index is 0.481. The fourth-order valence-corrected chi connectivity index (χ4v) is 3.43. The van der Waals surface area contributed by atoms with Gasteiger partial charge in [0.1, 0.15) is 5.01 Å². The van der Waals surface area contributed by atoms with Crippen LogP contribution in [0, 0.1) is 24.2 Å². The molecule has 1 heterocycles. The molecule has 0 aromatic carbocycles. The van der Waals surface area contributed by atoms with Crippen molar-refractivity contribution in [2.45, 2.75) is 53.4 Å². The molecule has 3 nitrogen and oxygen atoms in total. The van der Waals surface area contributed by atoms with E-state index in [-0.39, 0.29) is 0 Å². The predicted molar refractivity (Wildman–Crippen MR) is 78.0 cm³/mol. The molecule has 0 atom stereocenters. The Labute approximate surface area is 114 Å². The van der Waals surface area contributed by atoms with Crippen LogP contribution in [0.2, 0.25) is 0 Å². The second kappa shape index (κ2) is 5.55. The largest absolute Gasteiger partial charge is 0.360 e. The molecule has 0 saturated heterocycles. The number of hydrogen-bond donors (Lipinski definition) is 1. The quantitative estimate of drug-likeness (QED) is 0.895. The van der Waals surface area contributed by atoms with Crippen LogP contribution in [0.15, 0.2) is 0 Å². The number of aromatic nitrogens is 2. The maximum absolute atomic E-state index is 4.11. The van der Waals surface area contributed by atoms with Crippen LogP contribution in [0.3, 0.4) is 0 Å². The first-order valence-corrected chi connectivity index (χ1v) is 7.81. The van der Waals surface area contributed by atoms with Crippen LogP contribution < -0.4 is 5.32 Å². The molecule has 0 spiro atoms. The first-order valence-electron chi connectivity index (χ1n) is 6.99. The van der Waals surface area contributed by atoms with Gasteiger partial charge in [-0.05, 0) is 49.9 Å². The van der Waals surface area contributed by atoms with Gasteiger partial charge in [-0.1, -0.05) is 32.1 Å². The molecular formula is C14H25N3S. The molecule has 1 aromatic heterocycles. The van der Waals surface area contributed by atoms with Gasteiger partial charge in [0.25, 0.3) is 0 Å². The summed E-state index contributed by atoms with van der Waals surface area (Å²) in [5.74, 6) is 1.71. The molecule has 1 saturated carbocycles. The lowest BCUT2D eigenvalue weighted by molar-refractivity contribution is 0.153. The van der Waals surface area contributed by atoms with E-state index >= 15 is 0 Å². The summed E-state index contributed by atoms with van der Waals surface area (Å²) in [6.45, 7) is 10.2. The van der Waals surface area contributed by atoms with Crippen LogP contribution in [-0.4, -0.2) is 16.7 Å². The molecule has 0 radical (unpaired) electrons. The van der Waals surface area contributed by atoms with E-state index in [2.05, 4.69) is 36.3 Å². The summed E-state index contributed by atoms with van der Waals surface area (Å²) in [7, 11) is 0. The molecule has 1 aliphatic carbocycles. The van der Waals surface area contributed by atoms with E-state index in [1.54, 1.807) is 11.3 Å². The van der Waals surface area contributed by atoms with Crippen molar-refractivity contribution in [1.29, 1.82) is 0 Å². The summed E-state index contributed by atoms with van der Waals surface area (Å²) in [6.07, 6.45) is 5.47. The monoisotopic (exact) mass is 267 g/mol. The Balaban J connectivity index is 1.74. The van der Waals surface area contributed by atoms with Crippen molar-refractivity contribution in [3.8, 4) is 0 Å². The van der Waals surface area contributed by atoms with Gasteiger partial charge in [-0.15, -0.1) is 10.2 Å². The average molecular weight is 267 g/mol. The van der Waals surface area contributed by atoms with Crippen LogP contribution in [0.5, 0.6) is 0 Å². The molecule has 1 N–H and O–H groups in total. The SMILES string of the molecule is Cc1nnc(NCC2CCC(C(C)(C)C)CC2)s1. The van der Waals surface area contributed by atoms with Gasteiger partial charge < -0.3 is 5.32 Å². The van der Waals surface area contributed by atoms with E-state index in [1.807, 2.05) is 6.92 Å². The molecule has 4 heteroatoms. The third-order valence-corrected chi connectivity index (χ3v) is 4.94. The second-order valence-electron chi connectivity index (χ2n) is 6.59. The van der Waals surface area contributed by atoms with Crippen LogP contribution in [0.25, 0.3) is 0 Å². The van der Waals surface area contributed by atoms with Crippen LogP contribution in [0.1, 0.15) is 51.5 Å². The number of nitrogens with zero attached hydrogens (tertiary/aromatic N) is 2. The molecule has 1 aliphatic rings. The number of nitrogens with one attached hydrogen (secondary N) is 1. The van der Waals surface area contributed by atoms with Gasteiger partial charge >= 0.3 is 0 Å². The van der Waals surface area contributed by atoms with Gasteiger partial charge in [-0.2, -0.15) is 0 Å². The van der Waals surface area contributed by atoms with E-state index < -0.39 is 0 Å². The van der Waals surface area contributed by atoms with Crippen molar-refractivity contribution < 1.29 is 0 Å². The van der Waals surface area contributed by atoms with Gasteiger partial charge in [-0.3, -0.25) is 0 Å². The summed E-state index contributed by atoms with van der Waals surface area (Å²) in [6, 6.07) is 0. The van der Waals surface area contributed by atoms with Crippen molar-refractivity contribution in [3.05, 3.63) is 5.01 Å². The summed E-state index contributed by atoms with van der Waals surface area (Å²) in [5, 5.41) is 13.6. The smallest absolute Gasteiger partial charge is 0.205 e. The lowest BCUT2D eigenvalue weighted by Crippen LogP contribution is -2.28. The van der Waals surface area contributed by atoms with Gasteiger partial charge in [0.2, 0.25) is 5.13 Å². The van der Waals surface area contributed by atoms with Crippen molar-refractivity contribution >= 4 is 16.5 Å². The molecule has 1 fully saturated rings. The van der Waals surface area contributed by atoms with Gasteiger partial charge in [0.05, 0.1) is 0 Å². The Hall–Kier alpha value is -0.640. The number of aryl methyl sites for hydroxylation is 1. The Morgan fingerprint density at radius 1 is 1.17 bits per heavy atom. The first kappa shape index (κ1) is 13.8. The van der Waals surface area contributed by atoms with Gasteiger partial charge in [-0.25, -0.2) is 0 Å². The zero-order valence-corrected chi connectivity index (χ0v) is 12.8. The Kier molecular flexibility index (Phi) is 4.25. The summed E-state index contributed by atoms with van der Waals surface area (Å²) < 4.78 is 0. The summed E-state index contributed by atoms with van der Waals surface area (Å²) in [5.41, 5.74) is 0.481. The van der Waals surface area contributed by atoms with E-state index in [4.69, 9.17) is 0 Å². The summed E-state index contributed by atoms with van der Waals surface area (Å²) >= 11 is 1.65. The van der Waals surface area contributed by atoms with E-state index in [0.717, 1.165) is 28.5 Å². The first-order chi connectivity index (χ1) is 8.45.